The maximum absolute atomic E-state index is 11.7. The molecule has 94 valence electrons. The minimum absolute atomic E-state index is 0.338. The Labute approximate surface area is 107 Å². The summed E-state index contributed by atoms with van der Waals surface area (Å²) in [5.74, 6) is -3.68. The van der Waals surface area contributed by atoms with Crippen LogP contribution in [0.4, 0.5) is 0 Å². The molecule has 1 aliphatic rings. The summed E-state index contributed by atoms with van der Waals surface area (Å²) < 4.78 is 5.42. The molecule has 1 atom stereocenters. The molecule has 17 heavy (non-hydrogen) atoms. The first kappa shape index (κ1) is 14.1. The molecule has 0 spiro atoms. The van der Waals surface area contributed by atoms with E-state index in [-0.39, 0.29) is 11.7 Å². The van der Waals surface area contributed by atoms with Gasteiger partial charge in [0.15, 0.2) is 0 Å². The number of carbonyl (C=O) groups is 3. The lowest BCUT2D eigenvalue weighted by atomic mass is 10.2. The zero-order chi connectivity index (χ0) is 13.0. The van der Waals surface area contributed by atoms with Crippen molar-refractivity contribution in [2.24, 2.45) is 0 Å². The number of ether oxygens (including phenoxy) is 1. The summed E-state index contributed by atoms with van der Waals surface area (Å²) in [6.07, 6.45) is 0.269. The van der Waals surface area contributed by atoms with Crippen LogP contribution in [0.3, 0.4) is 0 Å². The van der Waals surface area contributed by atoms with Gasteiger partial charge in [0.05, 0.1) is 10.3 Å². The van der Waals surface area contributed by atoms with Crippen molar-refractivity contribution in [2.75, 3.05) is 5.08 Å². The van der Waals surface area contributed by atoms with Crippen molar-refractivity contribution >= 4 is 41.2 Å². The first-order valence-electron chi connectivity index (χ1n) is 4.95. The van der Waals surface area contributed by atoms with Crippen LogP contribution >= 0.6 is 23.5 Å². The number of thioether (sulfide) groups is 2. The van der Waals surface area contributed by atoms with Gasteiger partial charge in [-0.3, -0.25) is 4.79 Å². The third kappa shape index (κ3) is 3.50. The van der Waals surface area contributed by atoms with Gasteiger partial charge in [-0.1, -0.05) is 6.92 Å². The molecule has 1 heterocycles. The number of hydrogen-bond acceptors (Lipinski definition) is 6. The Bertz CT molecular complexity index is 382. The largest absolute Gasteiger partial charge is 0.475 e. The number of aliphatic carboxylic acids is 1. The summed E-state index contributed by atoms with van der Waals surface area (Å²) in [6.45, 7) is 3.52. The standard InChI is InChI=1S/C10H12O5S2/c1-3-5(2)15-9(14)6(7(11)8(12)13)10-16-4-17-10/h5H,3-4H2,1-2H3,(H,12,13). The van der Waals surface area contributed by atoms with Crippen molar-refractivity contribution in [3.8, 4) is 0 Å². The highest BCUT2D eigenvalue weighted by Gasteiger charge is 2.33. The van der Waals surface area contributed by atoms with E-state index >= 15 is 0 Å². The molecule has 1 saturated heterocycles. The van der Waals surface area contributed by atoms with Gasteiger partial charge < -0.3 is 9.84 Å². The van der Waals surface area contributed by atoms with E-state index in [4.69, 9.17) is 9.84 Å². The fraction of sp³-hybridized carbons (Fsp3) is 0.500. The lowest BCUT2D eigenvalue weighted by molar-refractivity contribution is -0.151. The van der Waals surface area contributed by atoms with E-state index in [9.17, 15) is 14.4 Å². The molecule has 0 amide bonds. The molecule has 0 aromatic rings. The van der Waals surface area contributed by atoms with Crippen LogP contribution in [-0.4, -0.2) is 34.0 Å². The Morgan fingerprint density at radius 1 is 1.41 bits per heavy atom. The molecular formula is C10H12O5S2. The number of carbonyl (C=O) groups excluding carboxylic acids is 2. The molecule has 0 saturated carbocycles. The normalized spacial score (nSPS) is 15.8. The molecule has 0 bridgehead atoms. The summed E-state index contributed by atoms with van der Waals surface area (Å²) in [4.78, 5) is 33.7. The van der Waals surface area contributed by atoms with Crippen LogP contribution in [0.5, 0.6) is 0 Å². The smallest absolute Gasteiger partial charge is 0.377 e. The van der Waals surface area contributed by atoms with E-state index in [1.165, 1.54) is 23.5 Å². The summed E-state index contributed by atoms with van der Waals surface area (Å²) >= 11 is 2.56. The summed E-state index contributed by atoms with van der Waals surface area (Å²) in [7, 11) is 0. The van der Waals surface area contributed by atoms with Gasteiger partial charge in [0.25, 0.3) is 5.78 Å². The quantitative estimate of drug-likeness (QED) is 0.269. The van der Waals surface area contributed by atoms with Crippen LogP contribution in [0.25, 0.3) is 0 Å². The maximum atomic E-state index is 11.7. The van der Waals surface area contributed by atoms with Crippen molar-refractivity contribution in [2.45, 2.75) is 26.4 Å². The Kier molecular flexibility index (Phi) is 5.07. The van der Waals surface area contributed by atoms with Crippen LogP contribution in [0.1, 0.15) is 20.3 Å². The molecule has 1 rings (SSSR count). The minimum atomic E-state index is -1.64. The molecule has 0 radical (unpaired) electrons. The minimum Gasteiger partial charge on any atom is -0.475 e. The van der Waals surface area contributed by atoms with Crippen LogP contribution in [0, 0.1) is 0 Å². The average Bonchev–Trinajstić information content (AvgIpc) is 2.21. The van der Waals surface area contributed by atoms with Crippen molar-refractivity contribution in [3.05, 3.63) is 9.81 Å². The second kappa shape index (κ2) is 6.11. The molecule has 7 heteroatoms. The topological polar surface area (TPSA) is 80.7 Å². The van der Waals surface area contributed by atoms with Gasteiger partial charge in [0.1, 0.15) is 5.57 Å². The van der Waals surface area contributed by atoms with E-state index in [0.717, 1.165) is 0 Å². The van der Waals surface area contributed by atoms with E-state index in [1.807, 2.05) is 6.92 Å². The number of carboxylic acid groups (broad SMARTS) is 1. The lowest BCUT2D eigenvalue weighted by Crippen LogP contribution is -2.26. The number of rotatable bonds is 5. The first-order valence-corrected chi connectivity index (χ1v) is 6.93. The molecule has 1 N–H and O–H groups in total. The second-order valence-corrected chi connectivity index (χ2v) is 5.92. The molecule has 1 unspecified atom stereocenters. The third-order valence-corrected chi connectivity index (χ3v) is 4.68. The summed E-state index contributed by atoms with van der Waals surface area (Å²) in [6, 6.07) is 0. The maximum Gasteiger partial charge on any atom is 0.377 e. The Balaban J connectivity index is 2.89. The van der Waals surface area contributed by atoms with Crippen LogP contribution in [-0.2, 0) is 19.1 Å². The number of carboxylic acids is 1. The fourth-order valence-electron chi connectivity index (χ4n) is 0.963. The van der Waals surface area contributed by atoms with Gasteiger partial charge >= 0.3 is 11.9 Å². The molecule has 1 aliphatic heterocycles. The number of hydrogen-bond donors (Lipinski definition) is 1. The Morgan fingerprint density at radius 3 is 2.35 bits per heavy atom. The first-order chi connectivity index (χ1) is 7.97. The van der Waals surface area contributed by atoms with Crippen molar-refractivity contribution in [3.63, 3.8) is 0 Å². The zero-order valence-electron chi connectivity index (χ0n) is 9.39. The number of esters is 1. The van der Waals surface area contributed by atoms with Gasteiger partial charge in [-0.15, -0.1) is 23.5 Å². The zero-order valence-corrected chi connectivity index (χ0v) is 11.0. The SMILES string of the molecule is CCC(C)OC(=O)C(C(=O)C(=O)O)=C1SCS1. The van der Waals surface area contributed by atoms with Gasteiger partial charge in [-0.25, -0.2) is 9.59 Å². The fourth-order valence-corrected chi connectivity index (χ4v) is 2.55. The van der Waals surface area contributed by atoms with Crippen molar-refractivity contribution in [1.29, 1.82) is 0 Å². The third-order valence-electron chi connectivity index (χ3n) is 2.09. The van der Waals surface area contributed by atoms with Crippen molar-refractivity contribution < 1.29 is 24.2 Å². The highest BCUT2D eigenvalue weighted by molar-refractivity contribution is 8.37. The second-order valence-electron chi connectivity index (χ2n) is 3.33. The Morgan fingerprint density at radius 2 is 2.00 bits per heavy atom. The Hall–Kier alpha value is -0.950. The van der Waals surface area contributed by atoms with E-state index in [2.05, 4.69) is 0 Å². The predicted molar refractivity (Wildman–Crippen MR) is 65.6 cm³/mol. The monoisotopic (exact) mass is 276 g/mol. The van der Waals surface area contributed by atoms with E-state index in [1.54, 1.807) is 6.92 Å². The lowest BCUT2D eigenvalue weighted by Gasteiger charge is -2.19. The van der Waals surface area contributed by atoms with E-state index in [0.29, 0.717) is 15.7 Å². The average molecular weight is 276 g/mol. The predicted octanol–water partition coefficient (Wildman–Crippen LogP) is 1.63. The molecule has 5 nitrogen and oxygen atoms in total. The van der Waals surface area contributed by atoms with Crippen LogP contribution in [0.2, 0.25) is 0 Å². The number of ketones is 1. The van der Waals surface area contributed by atoms with E-state index < -0.39 is 17.7 Å². The number of Topliss-reactive ketones (excluding diaryl/α,β-unsaturated/α-hetero) is 1. The summed E-state index contributed by atoms with van der Waals surface area (Å²) in [5, 5.41) is 9.36. The van der Waals surface area contributed by atoms with Crippen LogP contribution in [0.15, 0.2) is 9.81 Å². The highest BCUT2D eigenvalue weighted by atomic mass is 32.3. The molecule has 0 aliphatic carbocycles. The molecule has 0 aromatic heterocycles. The highest BCUT2D eigenvalue weighted by Crippen LogP contribution is 2.45. The van der Waals surface area contributed by atoms with Gasteiger partial charge in [0, 0.05) is 5.08 Å². The van der Waals surface area contributed by atoms with Crippen LogP contribution < -0.4 is 0 Å². The molecular weight excluding hydrogens is 264 g/mol. The molecule has 0 aromatic carbocycles. The molecule has 1 fully saturated rings. The van der Waals surface area contributed by atoms with Gasteiger partial charge in [0.2, 0.25) is 0 Å². The van der Waals surface area contributed by atoms with Crippen molar-refractivity contribution in [1.82, 2.24) is 0 Å². The van der Waals surface area contributed by atoms with Gasteiger partial charge in [-0.05, 0) is 13.3 Å². The van der Waals surface area contributed by atoms with Gasteiger partial charge in [-0.2, -0.15) is 0 Å². The summed E-state index contributed by atoms with van der Waals surface area (Å²) in [5.41, 5.74) is -0.348.